The summed E-state index contributed by atoms with van der Waals surface area (Å²) in [7, 11) is 0. The van der Waals surface area contributed by atoms with Crippen LogP contribution in [0, 0.1) is 13.8 Å². The van der Waals surface area contributed by atoms with Crippen molar-refractivity contribution >= 4 is 27.3 Å². The number of nitrogens with one attached hydrogen (secondary N) is 1. The molecule has 0 saturated heterocycles. The van der Waals surface area contributed by atoms with Crippen LogP contribution in [0.25, 0.3) is 0 Å². The Balaban J connectivity index is 1.73. The summed E-state index contributed by atoms with van der Waals surface area (Å²) in [5.41, 5.74) is 1.21. The van der Waals surface area contributed by atoms with Crippen LogP contribution < -0.4 is 5.32 Å². The number of hydrogen-bond donors (Lipinski definition) is 1. The van der Waals surface area contributed by atoms with Gasteiger partial charge in [-0.25, -0.2) is 0 Å². The van der Waals surface area contributed by atoms with Gasteiger partial charge >= 0.3 is 0 Å². The zero-order chi connectivity index (χ0) is 12.3. The molecule has 0 unspecified atom stereocenters. The molecule has 0 atom stereocenters. The van der Waals surface area contributed by atoms with Gasteiger partial charge in [-0.3, -0.25) is 4.68 Å². The molecular formula is C12H16BrN3S. The molecule has 0 aliphatic carbocycles. The predicted molar refractivity (Wildman–Crippen MR) is 75.4 cm³/mol. The van der Waals surface area contributed by atoms with Crippen molar-refractivity contribution in [2.75, 3.05) is 6.54 Å². The Labute approximate surface area is 114 Å². The highest BCUT2D eigenvalue weighted by Crippen LogP contribution is 2.25. The normalized spacial score (nSPS) is 11.0. The first-order chi connectivity index (χ1) is 8.15. The largest absolute Gasteiger partial charge is 0.310 e. The van der Waals surface area contributed by atoms with E-state index < -0.39 is 0 Å². The number of halogens is 1. The van der Waals surface area contributed by atoms with Crippen LogP contribution in [0.1, 0.15) is 15.3 Å². The first-order valence-corrected chi connectivity index (χ1v) is 7.20. The van der Waals surface area contributed by atoms with Crippen molar-refractivity contribution in [2.45, 2.75) is 26.9 Å². The molecule has 2 aromatic heterocycles. The fourth-order valence-electron chi connectivity index (χ4n) is 1.60. The lowest BCUT2D eigenvalue weighted by molar-refractivity contribution is 0.556. The number of hydrogen-bond acceptors (Lipinski definition) is 3. The molecule has 2 aromatic rings. The van der Waals surface area contributed by atoms with Crippen molar-refractivity contribution in [2.24, 2.45) is 0 Å². The first-order valence-electron chi connectivity index (χ1n) is 5.60. The summed E-state index contributed by atoms with van der Waals surface area (Å²) in [4.78, 5) is 2.70. The molecule has 0 aromatic carbocycles. The topological polar surface area (TPSA) is 29.9 Å². The van der Waals surface area contributed by atoms with Gasteiger partial charge in [0, 0.05) is 33.5 Å². The smallest absolute Gasteiger partial charge is 0.0534 e. The van der Waals surface area contributed by atoms with Crippen molar-refractivity contribution in [3.05, 3.63) is 38.3 Å². The van der Waals surface area contributed by atoms with E-state index in [2.05, 4.69) is 52.5 Å². The highest BCUT2D eigenvalue weighted by Gasteiger charge is 2.02. The zero-order valence-corrected chi connectivity index (χ0v) is 12.4. The zero-order valence-electron chi connectivity index (χ0n) is 10.0. The van der Waals surface area contributed by atoms with Gasteiger partial charge in [0.2, 0.25) is 0 Å². The van der Waals surface area contributed by atoms with Crippen LogP contribution >= 0.6 is 27.3 Å². The van der Waals surface area contributed by atoms with Crippen molar-refractivity contribution < 1.29 is 0 Å². The third-order valence-corrected chi connectivity index (χ3v) is 4.62. The van der Waals surface area contributed by atoms with E-state index in [-0.39, 0.29) is 0 Å². The molecule has 1 N–H and O–H groups in total. The molecule has 92 valence electrons. The predicted octanol–water partition coefficient (Wildman–Crippen LogP) is 3.11. The second-order valence-electron chi connectivity index (χ2n) is 4.07. The van der Waals surface area contributed by atoms with Gasteiger partial charge in [-0.05, 0) is 41.4 Å². The van der Waals surface area contributed by atoms with Crippen LogP contribution in [0.5, 0.6) is 0 Å². The van der Waals surface area contributed by atoms with Crippen LogP contribution in [0.3, 0.4) is 0 Å². The molecule has 0 saturated carbocycles. The van der Waals surface area contributed by atoms with Gasteiger partial charge in [-0.2, -0.15) is 5.10 Å². The molecule has 2 rings (SSSR count). The van der Waals surface area contributed by atoms with Gasteiger partial charge < -0.3 is 5.32 Å². The summed E-state index contributed by atoms with van der Waals surface area (Å²) in [5, 5.41) is 7.68. The summed E-state index contributed by atoms with van der Waals surface area (Å²) in [6, 6.07) is 2.19. The second kappa shape index (κ2) is 5.80. The van der Waals surface area contributed by atoms with E-state index in [1.807, 2.05) is 22.2 Å². The van der Waals surface area contributed by atoms with E-state index in [1.54, 1.807) is 0 Å². The average Bonchev–Trinajstić information content (AvgIpc) is 2.82. The van der Waals surface area contributed by atoms with Crippen LogP contribution in [-0.2, 0) is 13.1 Å². The molecule has 17 heavy (non-hydrogen) atoms. The molecule has 0 bridgehead atoms. The number of thiophene rings is 1. The Morgan fingerprint density at radius 1 is 1.47 bits per heavy atom. The Kier molecular flexibility index (Phi) is 4.36. The Morgan fingerprint density at radius 2 is 2.29 bits per heavy atom. The minimum Gasteiger partial charge on any atom is -0.310 e. The standard InChI is InChI=1S/C12H16BrN3S/c1-9-6-15-16(8-9)4-3-14-7-11-5-12(13)10(2)17-11/h5-6,8,14H,3-4,7H2,1-2H3. The molecule has 3 nitrogen and oxygen atoms in total. The first kappa shape index (κ1) is 12.8. The SMILES string of the molecule is Cc1cnn(CCNCc2cc(Br)c(C)s2)c1. The highest BCUT2D eigenvalue weighted by molar-refractivity contribution is 9.10. The minimum atomic E-state index is 0.916. The van der Waals surface area contributed by atoms with E-state index in [0.717, 1.165) is 19.6 Å². The van der Waals surface area contributed by atoms with Gasteiger partial charge in [0.05, 0.1) is 12.7 Å². The molecule has 0 amide bonds. The van der Waals surface area contributed by atoms with E-state index in [0.29, 0.717) is 0 Å². The Hall–Kier alpha value is -0.650. The maximum atomic E-state index is 4.25. The molecule has 0 aliphatic rings. The number of aryl methyl sites for hydroxylation is 2. The van der Waals surface area contributed by atoms with E-state index >= 15 is 0 Å². The summed E-state index contributed by atoms with van der Waals surface area (Å²) in [5.74, 6) is 0. The maximum absolute atomic E-state index is 4.25. The highest BCUT2D eigenvalue weighted by atomic mass is 79.9. The maximum Gasteiger partial charge on any atom is 0.0534 e. The molecular weight excluding hydrogens is 298 g/mol. The van der Waals surface area contributed by atoms with E-state index in [4.69, 9.17) is 0 Å². The number of rotatable bonds is 5. The van der Waals surface area contributed by atoms with Gasteiger partial charge in [0.1, 0.15) is 0 Å². The fourth-order valence-corrected chi connectivity index (χ4v) is 3.17. The molecule has 0 spiro atoms. The summed E-state index contributed by atoms with van der Waals surface area (Å²) in [6.45, 7) is 6.97. The lowest BCUT2D eigenvalue weighted by atomic mass is 10.4. The average molecular weight is 314 g/mol. The fraction of sp³-hybridized carbons (Fsp3) is 0.417. The van der Waals surface area contributed by atoms with E-state index in [1.165, 1.54) is 19.8 Å². The lowest BCUT2D eigenvalue weighted by Gasteiger charge is -2.03. The van der Waals surface area contributed by atoms with Crippen LogP contribution in [0.2, 0.25) is 0 Å². The summed E-state index contributed by atoms with van der Waals surface area (Å²) < 4.78 is 3.18. The number of aromatic nitrogens is 2. The Bertz CT molecular complexity index is 470. The quantitative estimate of drug-likeness (QED) is 0.860. The van der Waals surface area contributed by atoms with Gasteiger partial charge in [-0.15, -0.1) is 11.3 Å². The monoisotopic (exact) mass is 313 g/mol. The number of nitrogens with zero attached hydrogens (tertiary/aromatic N) is 2. The Morgan fingerprint density at radius 3 is 2.88 bits per heavy atom. The van der Waals surface area contributed by atoms with Gasteiger partial charge in [0.25, 0.3) is 0 Å². The van der Waals surface area contributed by atoms with Crippen molar-refractivity contribution in [1.82, 2.24) is 15.1 Å². The van der Waals surface area contributed by atoms with Crippen molar-refractivity contribution in [3.63, 3.8) is 0 Å². The lowest BCUT2D eigenvalue weighted by Crippen LogP contribution is -2.19. The van der Waals surface area contributed by atoms with Crippen LogP contribution in [0.4, 0.5) is 0 Å². The van der Waals surface area contributed by atoms with E-state index in [9.17, 15) is 0 Å². The third kappa shape index (κ3) is 3.66. The van der Waals surface area contributed by atoms with Crippen LogP contribution in [0.15, 0.2) is 22.9 Å². The molecule has 0 aliphatic heterocycles. The molecule has 5 heteroatoms. The molecule has 2 heterocycles. The van der Waals surface area contributed by atoms with Gasteiger partial charge in [-0.1, -0.05) is 0 Å². The third-order valence-electron chi connectivity index (χ3n) is 2.49. The second-order valence-corrected chi connectivity index (χ2v) is 6.27. The molecule has 0 radical (unpaired) electrons. The molecule has 0 fully saturated rings. The van der Waals surface area contributed by atoms with Crippen molar-refractivity contribution in [1.29, 1.82) is 0 Å². The van der Waals surface area contributed by atoms with Crippen LogP contribution in [-0.4, -0.2) is 16.3 Å². The van der Waals surface area contributed by atoms with Gasteiger partial charge in [0.15, 0.2) is 0 Å². The summed E-state index contributed by atoms with van der Waals surface area (Å²) in [6.07, 6.45) is 3.95. The minimum absolute atomic E-state index is 0.916. The van der Waals surface area contributed by atoms with Crippen molar-refractivity contribution in [3.8, 4) is 0 Å². The summed E-state index contributed by atoms with van der Waals surface area (Å²) >= 11 is 5.37.